The minimum absolute atomic E-state index is 0.0208. The molecule has 2 aliphatic rings. The van der Waals surface area contributed by atoms with Gasteiger partial charge in [-0.15, -0.1) is 11.8 Å². The number of ether oxygens (including phenoxy) is 3. The molecule has 2 atom stereocenters. The molecule has 196 valence electrons. The smallest absolute Gasteiger partial charge is 0.412 e. The van der Waals surface area contributed by atoms with Crippen LogP contribution in [0.1, 0.15) is 31.4 Å². The summed E-state index contributed by atoms with van der Waals surface area (Å²) in [6.07, 6.45) is -0.655. The number of nitrogens with zero attached hydrogens (tertiary/aromatic N) is 2. The zero-order valence-corrected chi connectivity index (χ0v) is 21.2. The van der Waals surface area contributed by atoms with Crippen molar-refractivity contribution in [1.29, 1.82) is 0 Å². The van der Waals surface area contributed by atoms with E-state index in [2.05, 4.69) is 5.32 Å². The van der Waals surface area contributed by atoms with Gasteiger partial charge in [-0.1, -0.05) is 6.07 Å². The van der Waals surface area contributed by atoms with E-state index in [1.54, 1.807) is 13.8 Å². The maximum Gasteiger partial charge on any atom is 0.412 e. The Morgan fingerprint density at radius 2 is 1.97 bits per heavy atom. The molecular formula is C23H29N3O9S. The van der Waals surface area contributed by atoms with Gasteiger partial charge in [0.25, 0.3) is 0 Å². The first-order valence-corrected chi connectivity index (χ1v) is 12.1. The molecule has 2 heterocycles. The highest BCUT2D eigenvalue weighted by molar-refractivity contribution is 8.00. The Morgan fingerprint density at radius 3 is 2.61 bits per heavy atom. The van der Waals surface area contributed by atoms with Crippen LogP contribution < -0.4 is 5.32 Å². The molecule has 3 rings (SSSR count). The number of fused-ring (bicyclic) bond motifs is 1. The molecule has 36 heavy (non-hydrogen) atoms. The lowest BCUT2D eigenvalue weighted by molar-refractivity contribution is -0.151. The molecular weight excluding hydrogens is 494 g/mol. The third kappa shape index (κ3) is 5.68. The normalized spacial score (nSPS) is 18.8. The number of carbonyl (C=O) groups is 4. The SMILES string of the molecule is CCOC(=O)N(C)COC(=O)C1=C(C)C(NC(=O)Cc2ccc(O)c(COC)c2O)SC2CC(=O)N12. The van der Waals surface area contributed by atoms with Gasteiger partial charge in [0.15, 0.2) is 6.73 Å². The molecule has 13 heteroatoms. The zero-order valence-electron chi connectivity index (χ0n) is 20.4. The van der Waals surface area contributed by atoms with E-state index in [0.29, 0.717) is 11.1 Å². The summed E-state index contributed by atoms with van der Waals surface area (Å²) in [5.74, 6) is -1.87. The van der Waals surface area contributed by atoms with Gasteiger partial charge in [-0.25, -0.2) is 9.59 Å². The third-order valence-corrected chi connectivity index (χ3v) is 7.08. The van der Waals surface area contributed by atoms with Gasteiger partial charge in [-0.3, -0.25) is 19.4 Å². The van der Waals surface area contributed by atoms with Crippen molar-refractivity contribution in [2.45, 2.75) is 44.0 Å². The average molecular weight is 524 g/mol. The van der Waals surface area contributed by atoms with Gasteiger partial charge in [-0.05, 0) is 25.5 Å². The minimum Gasteiger partial charge on any atom is -0.507 e. The number of amides is 3. The number of β-lactam (4-membered cyclic amide) rings is 1. The lowest BCUT2D eigenvalue weighted by Gasteiger charge is -2.46. The van der Waals surface area contributed by atoms with E-state index in [-0.39, 0.29) is 66.8 Å². The Labute approximate surface area is 212 Å². The molecule has 2 aliphatic heterocycles. The number of phenols is 2. The molecule has 2 unspecified atom stereocenters. The van der Waals surface area contributed by atoms with Crippen LogP contribution in [0, 0.1) is 0 Å². The molecule has 0 radical (unpaired) electrons. The number of nitrogens with one attached hydrogen (secondary N) is 1. The lowest BCUT2D eigenvalue weighted by Crippen LogP contribution is -2.57. The van der Waals surface area contributed by atoms with Crippen LogP contribution in [0.25, 0.3) is 0 Å². The largest absolute Gasteiger partial charge is 0.507 e. The number of methoxy groups -OCH3 is 1. The molecule has 12 nitrogen and oxygen atoms in total. The number of esters is 1. The Bertz CT molecular complexity index is 1090. The van der Waals surface area contributed by atoms with Crippen molar-refractivity contribution < 1.29 is 43.6 Å². The summed E-state index contributed by atoms with van der Waals surface area (Å²) in [6, 6.07) is 2.81. The number of aromatic hydroxyl groups is 2. The summed E-state index contributed by atoms with van der Waals surface area (Å²) in [7, 11) is 2.82. The highest BCUT2D eigenvalue weighted by Crippen LogP contribution is 2.43. The Hall–Kier alpha value is -3.45. The number of benzene rings is 1. The summed E-state index contributed by atoms with van der Waals surface area (Å²) in [5, 5.41) is 22.2. The van der Waals surface area contributed by atoms with Crippen LogP contribution >= 0.6 is 11.8 Å². The molecule has 1 aromatic rings. The molecule has 3 amide bonds. The van der Waals surface area contributed by atoms with Crippen molar-refractivity contribution in [3.63, 3.8) is 0 Å². The minimum atomic E-state index is -0.804. The molecule has 0 saturated carbocycles. The van der Waals surface area contributed by atoms with Crippen LogP contribution in [0.2, 0.25) is 0 Å². The molecule has 0 aromatic heterocycles. The highest BCUT2D eigenvalue weighted by atomic mass is 32.2. The fourth-order valence-corrected chi connectivity index (χ4v) is 5.14. The summed E-state index contributed by atoms with van der Waals surface area (Å²) in [6.45, 7) is 3.02. The number of hydrogen-bond donors (Lipinski definition) is 3. The summed E-state index contributed by atoms with van der Waals surface area (Å²) < 4.78 is 15.1. The second-order valence-electron chi connectivity index (χ2n) is 8.18. The number of phenolic OH excluding ortho intramolecular Hbond substituents is 2. The van der Waals surface area contributed by atoms with Gasteiger partial charge < -0.3 is 29.7 Å². The number of thioether (sulfide) groups is 1. The van der Waals surface area contributed by atoms with Gasteiger partial charge in [0.05, 0.1) is 37.0 Å². The predicted molar refractivity (Wildman–Crippen MR) is 127 cm³/mol. The van der Waals surface area contributed by atoms with Crippen LogP contribution in [-0.4, -0.2) is 82.1 Å². The second-order valence-corrected chi connectivity index (χ2v) is 9.46. The van der Waals surface area contributed by atoms with Crippen molar-refractivity contribution in [1.82, 2.24) is 15.1 Å². The Kier molecular flexibility index (Phi) is 8.69. The first kappa shape index (κ1) is 27.1. The molecule has 3 N–H and O–H groups in total. The summed E-state index contributed by atoms with van der Waals surface area (Å²) >= 11 is 1.31. The average Bonchev–Trinajstić information content (AvgIpc) is 2.83. The quantitative estimate of drug-likeness (QED) is 0.246. The van der Waals surface area contributed by atoms with Gasteiger partial charge in [0.2, 0.25) is 11.8 Å². The topological polar surface area (TPSA) is 155 Å². The van der Waals surface area contributed by atoms with Crippen molar-refractivity contribution in [2.24, 2.45) is 0 Å². The molecule has 1 aromatic carbocycles. The highest BCUT2D eigenvalue weighted by Gasteiger charge is 2.48. The van der Waals surface area contributed by atoms with Crippen molar-refractivity contribution in [3.05, 3.63) is 34.5 Å². The van der Waals surface area contributed by atoms with E-state index in [1.807, 2.05) is 0 Å². The summed E-state index contributed by atoms with van der Waals surface area (Å²) in [4.78, 5) is 52.1. The first-order valence-electron chi connectivity index (χ1n) is 11.1. The van der Waals surface area contributed by atoms with Gasteiger partial charge in [0, 0.05) is 19.7 Å². The monoisotopic (exact) mass is 523 g/mol. The van der Waals surface area contributed by atoms with Crippen molar-refractivity contribution in [2.75, 3.05) is 27.5 Å². The lowest BCUT2D eigenvalue weighted by atomic mass is 10.0. The van der Waals surface area contributed by atoms with Crippen molar-refractivity contribution >= 4 is 35.6 Å². The van der Waals surface area contributed by atoms with Crippen LogP contribution in [0.3, 0.4) is 0 Å². The van der Waals surface area contributed by atoms with E-state index < -0.39 is 23.3 Å². The van der Waals surface area contributed by atoms with Crippen LogP contribution in [0.4, 0.5) is 4.79 Å². The maximum absolute atomic E-state index is 12.9. The van der Waals surface area contributed by atoms with E-state index >= 15 is 0 Å². The van der Waals surface area contributed by atoms with Crippen LogP contribution in [0.15, 0.2) is 23.4 Å². The Morgan fingerprint density at radius 1 is 1.25 bits per heavy atom. The van der Waals surface area contributed by atoms with Gasteiger partial charge >= 0.3 is 12.1 Å². The number of rotatable bonds is 9. The molecule has 1 fully saturated rings. The molecule has 0 aliphatic carbocycles. The van der Waals surface area contributed by atoms with E-state index in [4.69, 9.17) is 14.2 Å². The van der Waals surface area contributed by atoms with Gasteiger partial charge in [-0.2, -0.15) is 0 Å². The number of hydrogen-bond acceptors (Lipinski definition) is 10. The molecule has 0 bridgehead atoms. The second kappa shape index (κ2) is 11.5. The van der Waals surface area contributed by atoms with E-state index in [0.717, 1.165) is 4.90 Å². The van der Waals surface area contributed by atoms with Crippen LogP contribution in [-0.2, 0) is 41.6 Å². The molecule has 1 saturated heterocycles. The predicted octanol–water partition coefficient (Wildman–Crippen LogP) is 1.40. The fourth-order valence-electron chi connectivity index (χ4n) is 3.72. The first-order chi connectivity index (χ1) is 17.1. The maximum atomic E-state index is 12.9. The van der Waals surface area contributed by atoms with Gasteiger partial charge in [0.1, 0.15) is 22.6 Å². The standard InChI is InChI=1S/C23H29N3O9S/c1-5-34-23(32)25(3)11-35-22(31)19-12(2)21(36-18-9-17(29)26(18)19)24-16(28)8-13-6-7-15(27)14(10-33-4)20(13)30/h6-7,18,21,27,30H,5,8-11H2,1-4H3,(H,24,28). The Balaban J connectivity index is 1.74. The molecule has 0 spiro atoms. The fraction of sp³-hybridized carbons (Fsp3) is 0.478. The zero-order chi connectivity index (χ0) is 26.6. The number of carbonyl (C=O) groups excluding carboxylic acids is 4. The van der Waals surface area contributed by atoms with E-state index in [9.17, 15) is 29.4 Å². The van der Waals surface area contributed by atoms with E-state index in [1.165, 1.54) is 43.0 Å². The third-order valence-electron chi connectivity index (χ3n) is 5.64. The summed E-state index contributed by atoms with van der Waals surface area (Å²) in [5.41, 5.74) is 0.901. The van der Waals surface area contributed by atoms with Crippen LogP contribution in [0.5, 0.6) is 11.5 Å². The van der Waals surface area contributed by atoms with Crippen molar-refractivity contribution in [3.8, 4) is 11.5 Å².